The van der Waals surface area contributed by atoms with Crippen molar-refractivity contribution in [2.75, 3.05) is 13.1 Å². The standard InChI is InChI=1S/C11H16N2O2/c1-9(8-10-4-2-7-15-10)13-6-3-5-12-11(13)14/h2,4,7,9H,3,5-6,8H2,1H3,(H,12,14). The lowest BCUT2D eigenvalue weighted by atomic mass is 10.1. The van der Waals surface area contributed by atoms with E-state index in [4.69, 9.17) is 4.42 Å². The molecule has 82 valence electrons. The quantitative estimate of drug-likeness (QED) is 0.820. The molecule has 15 heavy (non-hydrogen) atoms. The van der Waals surface area contributed by atoms with Crippen LogP contribution in [0.15, 0.2) is 22.8 Å². The Hall–Kier alpha value is -1.45. The Balaban J connectivity index is 1.94. The van der Waals surface area contributed by atoms with E-state index >= 15 is 0 Å². The molecule has 2 heterocycles. The summed E-state index contributed by atoms with van der Waals surface area (Å²) in [7, 11) is 0. The molecule has 0 saturated carbocycles. The largest absolute Gasteiger partial charge is 0.469 e. The van der Waals surface area contributed by atoms with Gasteiger partial charge in [0.2, 0.25) is 0 Å². The number of carbonyl (C=O) groups excluding carboxylic acids is 1. The van der Waals surface area contributed by atoms with E-state index in [1.165, 1.54) is 0 Å². The van der Waals surface area contributed by atoms with Crippen molar-refractivity contribution in [3.8, 4) is 0 Å². The molecular weight excluding hydrogens is 192 g/mol. The average Bonchev–Trinajstić information content (AvgIpc) is 2.71. The molecule has 1 aliphatic rings. The van der Waals surface area contributed by atoms with Gasteiger partial charge in [-0.3, -0.25) is 0 Å². The molecule has 1 saturated heterocycles. The highest BCUT2D eigenvalue weighted by molar-refractivity contribution is 5.75. The van der Waals surface area contributed by atoms with Crippen LogP contribution in [0.3, 0.4) is 0 Å². The number of hydrogen-bond acceptors (Lipinski definition) is 2. The van der Waals surface area contributed by atoms with Crippen LogP contribution in [0.2, 0.25) is 0 Å². The number of furan rings is 1. The van der Waals surface area contributed by atoms with E-state index in [0.717, 1.165) is 31.7 Å². The number of carbonyl (C=O) groups is 1. The molecule has 1 aliphatic heterocycles. The van der Waals surface area contributed by atoms with Crippen LogP contribution in [-0.4, -0.2) is 30.1 Å². The van der Waals surface area contributed by atoms with E-state index in [2.05, 4.69) is 5.32 Å². The molecule has 0 radical (unpaired) electrons. The number of amides is 2. The van der Waals surface area contributed by atoms with E-state index in [0.29, 0.717) is 0 Å². The molecule has 1 aromatic rings. The van der Waals surface area contributed by atoms with Crippen molar-refractivity contribution in [3.05, 3.63) is 24.2 Å². The lowest BCUT2D eigenvalue weighted by Gasteiger charge is -2.32. The Morgan fingerprint density at radius 2 is 2.53 bits per heavy atom. The SMILES string of the molecule is CC(Cc1ccco1)N1CCCNC1=O. The first kappa shape index (κ1) is 10.1. The van der Waals surface area contributed by atoms with Crippen molar-refractivity contribution in [2.24, 2.45) is 0 Å². The molecule has 2 rings (SSSR count). The topological polar surface area (TPSA) is 45.5 Å². The molecule has 1 unspecified atom stereocenters. The van der Waals surface area contributed by atoms with Crippen LogP contribution in [0.5, 0.6) is 0 Å². The normalized spacial score (nSPS) is 18.7. The lowest BCUT2D eigenvalue weighted by Crippen LogP contribution is -2.50. The van der Waals surface area contributed by atoms with Gasteiger partial charge in [-0.15, -0.1) is 0 Å². The van der Waals surface area contributed by atoms with Crippen molar-refractivity contribution in [1.82, 2.24) is 10.2 Å². The molecule has 1 atom stereocenters. The third-order valence-electron chi connectivity index (χ3n) is 2.72. The second-order valence-corrected chi connectivity index (χ2v) is 3.91. The fourth-order valence-electron chi connectivity index (χ4n) is 1.90. The van der Waals surface area contributed by atoms with Crippen molar-refractivity contribution >= 4 is 6.03 Å². The van der Waals surface area contributed by atoms with Gasteiger partial charge in [-0.25, -0.2) is 4.79 Å². The molecule has 0 spiro atoms. The van der Waals surface area contributed by atoms with Crippen molar-refractivity contribution < 1.29 is 9.21 Å². The van der Waals surface area contributed by atoms with E-state index in [1.807, 2.05) is 24.0 Å². The highest BCUT2D eigenvalue weighted by Gasteiger charge is 2.23. The number of rotatable bonds is 3. The minimum atomic E-state index is 0.0420. The van der Waals surface area contributed by atoms with Crippen molar-refractivity contribution in [1.29, 1.82) is 0 Å². The van der Waals surface area contributed by atoms with Gasteiger partial charge in [0.25, 0.3) is 0 Å². The van der Waals surface area contributed by atoms with Gasteiger partial charge in [0.05, 0.1) is 6.26 Å². The van der Waals surface area contributed by atoms with Gasteiger partial charge >= 0.3 is 6.03 Å². The molecule has 1 N–H and O–H groups in total. The second-order valence-electron chi connectivity index (χ2n) is 3.91. The zero-order chi connectivity index (χ0) is 10.7. The maximum Gasteiger partial charge on any atom is 0.317 e. The summed E-state index contributed by atoms with van der Waals surface area (Å²) in [5.41, 5.74) is 0. The van der Waals surface area contributed by atoms with E-state index in [9.17, 15) is 4.79 Å². The van der Waals surface area contributed by atoms with Gasteiger partial charge in [0.15, 0.2) is 0 Å². The summed E-state index contributed by atoms with van der Waals surface area (Å²) in [6.07, 6.45) is 3.47. The maximum absolute atomic E-state index is 11.5. The first-order valence-corrected chi connectivity index (χ1v) is 5.34. The number of urea groups is 1. The lowest BCUT2D eigenvalue weighted by molar-refractivity contribution is 0.163. The highest BCUT2D eigenvalue weighted by Crippen LogP contribution is 2.11. The van der Waals surface area contributed by atoms with Crippen LogP contribution >= 0.6 is 0 Å². The van der Waals surface area contributed by atoms with Gasteiger partial charge in [-0.2, -0.15) is 0 Å². The Bertz CT molecular complexity index is 321. The first-order valence-electron chi connectivity index (χ1n) is 5.34. The van der Waals surface area contributed by atoms with Crippen molar-refractivity contribution in [2.45, 2.75) is 25.8 Å². The van der Waals surface area contributed by atoms with E-state index < -0.39 is 0 Å². The van der Waals surface area contributed by atoms with Gasteiger partial charge in [-0.05, 0) is 25.5 Å². The van der Waals surface area contributed by atoms with E-state index in [1.54, 1.807) is 6.26 Å². The first-order chi connectivity index (χ1) is 7.27. The van der Waals surface area contributed by atoms with Crippen LogP contribution in [0.1, 0.15) is 19.1 Å². The minimum absolute atomic E-state index is 0.0420. The monoisotopic (exact) mass is 208 g/mol. The summed E-state index contributed by atoms with van der Waals surface area (Å²) in [6, 6.07) is 4.05. The van der Waals surface area contributed by atoms with E-state index in [-0.39, 0.29) is 12.1 Å². The smallest absolute Gasteiger partial charge is 0.317 e. The number of hydrogen-bond donors (Lipinski definition) is 1. The summed E-state index contributed by atoms with van der Waals surface area (Å²) in [4.78, 5) is 13.4. The summed E-state index contributed by atoms with van der Waals surface area (Å²) >= 11 is 0. The Labute approximate surface area is 89.2 Å². The zero-order valence-electron chi connectivity index (χ0n) is 8.90. The minimum Gasteiger partial charge on any atom is -0.469 e. The molecular formula is C11H16N2O2. The van der Waals surface area contributed by atoms with Gasteiger partial charge in [0, 0.05) is 25.6 Å². The van der Waals surface area contributed by atoms with Crippen LogP contribution < -0.4 is 5.32 Å². The predicted molar refractivity (Wildman–Crippen MR) is 56.6 cm³/mol. The molecule has 1 fully saturated rings. The molecule has 2 amide bonds. The third-order valence-corrected chi connectivity index (χ3v) is 2.72. The van der Waals surface area contributed by atoms with Crippen LogP contribution in [0.25, 0.3) is 0 Å². The second kappa shape index (κ2) is 4.38. The predicted octanol–water partition coefficient (Wildman–Crippen LogP) is 1.63. The Kier molecular flexibility index (Phi) is 2.94. The summed E-state index contributed by atoms with van der Waals surface area (Å²) in [6.45, 7) is 3.68. The van der Waals surface area contributed by atoms with Gasteiger partial charge in [0.1, 0.15) is 5.76 Å². The maximum atomic E-state index is 11.5. The molecule has 4 nitrogen and oxygen atoms in total. The molecule has 1 aromatic heterocycles. The molecule has 4 heteroatoms. The van der Waals surface area contributed by atoms with Crippen LogP contribution in [0, 0.1) is 0 Å². The summed E-state index contributed by atoms with van der Waals surface area (Å²) in [5.74, 6) is 0.931. The van der Waals surface area contributed by atoms with Crippen LogP contribution in [0.4, 0.5) is 4.79 Å². The van der Waals surface area contributed by atoms with Crippen LogP contribution in [-0.2, 0) is 6.42 Å². The van der Waals surface area contributed by atoms with Gasteiger partial charge in [-0.1, -0.05) is 0 Å². The fourth-order valence-corrected chi connectivity index (χ4v) is 1.90. The highest BCUT2D eigenvalue weighted by atomic mass is 16.3. The zero-order valence-corrected chi connectivity index (χ0v) is 8.90. The summed E-state index contributed by atoms with van der Waals surface area (Å²) < 4.78 is 5.27. The Morgan fingerprint density at radius 3 is 3.20 bits per heavy atom. The van der Waals surface area contributed by atoms with Crippen molar-refractivity contribution in [3.63, 3.8) is 0 Å². The molecule has 0 aliphatic carbocycles. The molecule has 0 aromatic carbocycles. The third kappa shape index (κ3) is 2.32. The van der Waals surface area contributed by atoms with Gasteiger partial charge < -0.3 is 14.6 Å². The molecule has 0 bridgehead atoms. The fraction of sp³-hybridized carbons (Fsp3) is 0.545. The number of nitrogens with zero attached hydrogens (tertiary/aromatic N) is 1. The average molecular weight is 208 g/mol. The number of nitrogens with one attached hydrogen (secondary N) is 1. The summed E-state index contributed by atoms with van der Waals surface area (Å²) in [5, 5.41) is 2.85. The Morgan fingerprint density at radius 1 is 1.67 bits per heavy atom.